The standard InChI is InChI=1S/C18H22N2O5S/c1-12-14(18(23)24-3)10-13(25-12)11-20(2)16(21)7-4-8-19-17(22)15-6-5-9-26-15/h5-6,9-10H,4,7-8,11H2,1-3H3,(H,19,22). The van der Waals surface area contributed by atoms with Crippen LogP contribution in [0, 0.1) is 6.92 Å². The summed E-state index contributed by atoms with van der Waals surface area (Å²) in [5.74, 6) is 0.327. The van der Waals surface area contributed by atoms with Crippen LogP contribution in [0.15, 0.2) is 28.0 Å². The van der Waals surface area contributed by atoms with Crippen molar-refractivity contribution in [3.8, 4) is 0 Å². The van der Waals surface area contributed by atoms with E-state index in [1.165, 1.54) is 23.3 Å². The lowest BCUT2D eigenvalue weighted by molar-refractivity contribution is -0.130. The van der Waals surface area contributed by atoms with Gasteiger partial charge in [-0.05, 0) is 30.9 Å². The third kappa shape index (κ3) is 5.19. The van der Waals surface area contributed by atoms with Gasteiger partial charge in [-0.25, -0.2) is 4.79 Å². The number of hydrogen-bond acceptors (Lipinski definition) is 6. The average Bonchev–Trinajstić information content (AvgIpc) is 3.27. The second-order valence-corrected chi connectivity index (χ2v) is 6.71. The Labute approximate surface area is 155 Å². The Balaban J connectivity index is 1.75. The molecule has 1 N–H and O–H groups in total. The zero-order valence-corrected chi connectivity index (χ0v) is 15.9. The Bertz CT molecular complexity index is 767. The fourth-order valence-corrected chi connectivity index (χ4v) is 3.02. The molecule has 0 aromatic carbocycles. The molecule has 26 heavy (non-hydrogen) atoms. The van der Waals surface area contributed by atoms with Crippen LogP contribution in [0.3, 0.4) is 0 Å². The van der Waals surface area contributed by atoms with Crippen molar-refractivity contribution in [1.29, 1.82) is 0 Å². The van der Waals surface area contributed by atoms with Gasteiger partial charge >= 0.3 is 5.97 Å². The number of ether oxygens (including phenoxy) is 1. The molecule has 8 heteroatoms. The van der Waals surface area contributed by atoms with E-state index in [4.69, 9.17) is 4.42 Å². The van der Waals surface area contributed by atoms with Gasteiger partial charge in [0.05, 0.1) is 18.5 Å². The molecule has 0 spiro atoms. The molecule has 2 amide bonds. The van der Waals surface area contributed by atoms with Gasteiger partial charge in [0, 0.05) is 20.0 Å². The summed E-state index contributed by atoms with van der Waals surface area (Å²) in [4.78, 5) is 37.7. The molecule has 2 aromatic heterocycles. The van der Waals surface area contributed by atoms with E-state index in [9.17, 15) is 14.4 Å². The first-order chi connectivity index (χ1) is 12.4. The van der Waals surface area contributed by atoms with Crippen LogP contribution in [0.1, 0.15) is 44.4 Å². The highest BCUT2D eigenvalue weighted by Crippen LogP contribution is 2.17. The van der Waals surface area contributed by atoms with E-state index in [0.29, 0.717) is 41.3 Å². The fourth-order valence-electron chi connectivity index (χ4n) is 2.38. The Kier molecular flexibility index (Phi) is 6.97. The normalized spacial score (nSPS) is 10.4. The van der Waals surface area contributed by atoms with Gasteiger partial charge in [0.1, 0.15) is 17.1 Å². The van der Waals surface area contributed by atoms with Crippen LogP contribution in [-0.4, -0.2) is 43.4 Å². The Hall–Kier alpha value is -2.61. The predicted molar refractivity (Wildman–Crippen MR) is 97.1 cm³/mol. The van der Waals surface area contributed by atoms with Gasteiger partial charge in [-0.3, -0.25) is 9.59 Å². The van der Waals surface area contributed by atoms with E-state index in [0.717, 1.165) is 0 Å². The molecule has 0 fully saturated rings. The minimum absolute atomic E-state index is 0.0657. The second kappa shape index (κ2) is 9.19. The van der Waals surface area contributed by atoms with Crippen LogP contribution in [0.2, 0.25) is 0 Å². The SMILES string of the molecule is COC(=O)c1cc(CN(C)C(=O)CCCNC(=O)c2cccs2)oc1C. The number of methoxy groups -OCH3 is 1. The molecule has 0 atom stereocenters. The van der Waals surface area contributed by atoms with E-state index in [-0.39, 0.29) is 18.4 Å². The van der Waals surface area contributed by atoms with Crippen LogP contribution < -0.4 is 5.32 Å². The molecule has 2 aromatic rings. The lowest BCUT2D eigenvalue weighted by Crippen LogP contribution is -2.28. The van der Waals surface area contributed by atoms with Crippen molar-refractivity contribution in [3.63, 3.8) is 0 Å². The number of nitrogens with one attached hydrogen (secondary N) is 1. The van der Waals surface area contributed by atoms with Crippen LogP contribution in [-0.2, 0) is 16.1 Å². The Morgan fingerprint density at radius 1 is 1.35 bits per heavy atom. The predicted octanol–water partition coefficient (Wildman–Crippen LogP) is 2.60. The summed E-state index contributed by atoms with van der Waals surface area (Å²) in [6, 6.07) is 5.17. The van der Waals surface area contributed by atoms with Crippen molar-refractivity contribution in [2.24, 2.45) is 0 Å². The summed E-state index contributed by atoms with van der Waals surface area (Å²) in [6.07, 6.45) is 0.857. The number of amides is 2. The van der Waals surface area contributed by atoms with Gasteiger partial charge in [0.15, 0.2) is 0 Å². The number of rotatable bonds is 8. The molecule has 2 rings (SSSR count). The summed E-state index contributed by atoms with van der Waals surface area (Å²) in [7, 11) is 2.98. The minimum Gasteiger partial charge on any atom is -0.465 e. The molecule has 0 bridgehead atoms. The summed E-state index contributed by atoms with van der Waals surface area (Å²) in [6.45, 7) is 2.37. The van der Waals surface area contributed by atoms with Crippen molar-refractivity contribution in [2.75, 3.05) is 20.7 Å². The van der Waals surface area contributed by atoms with Gasteiger partial charge in [0.2, 0.25) is 5.91 Å². The monoisotopic (exact) mass is 378 g/mol. The van der Waals surface area contributed by atoms with Crippen LogP contribution in [0.5, 0.6) is 0 Å². The highest BCUT2D eigenvalue weighted by Gasteiger charge is 2.18. The van der Waals surface area contributed by atoms with Crippen LogP contribution >= 0.6 is 11.3 Å². The van der Waals surface area contributed by atoms with Crippen molar-refractivity contribution < 1.29 is 23.5 Å². The zero-order valence-electron chi connectivity index (χ0n) is 15.0. The number of carbonyl (C=O) groups is 3. The molecule has 7 nitrogen and oxygen atoms in total. The first kappa shape index (κ1) is 19.7. The molecule has 0 aliphatic carbocycles. The second-order valence-electron chi connectivity index (χ2n) is 5.76. The van der Waals surface area contributed by atoms with Crippen molar-refractivity contribution >= 4 is 29.1 Å². The summed E-state index contributed by atoms with van der Waals surface area (Å²) >= 11 is 1.38. The van der Waals surface area contributed by atoms with Crippen molar-refractivity contribution in [3.05, 3.63) is 45.5 Å². The molecular formula is C18H22N2O5S. The number of carbonyl (C=O) groups excluding carboxylic acids is 3. The number of aryl methyl sites for hydroxylation is 1. The topological polar surface area (TPSA) is 88.9 Å². The largest absolute Gasteiger partial charge is 0.465 e. The maximum Gasteiger partial charge on any atom is 0.341 e. The quantitative estimate of drug-likeness (QED) is 0.563. The van der Waals surface area contributed by atoms with Gasteiger partial charge in [-0.15, -0.1) is 11.3 Å². The maximum atomic E-state index is 12.2. The van der Waals surface area contributed by atoms with Crippen LogP contribution in [0.4, 0.5) is 0 Å². The van der Waals surface area contributed by atoms with E-state index in [1.807, 2.05) is 11.4 Å². The van der Waals surface area contributed by atoms with E-state index in [2.05, 4.69) is 10.1 Å². The molecule has 2 heterocycles. The third-order valence-corrected chi connectivity index (χ3v) is 4.66. The van der Waals surface area contributed by atoms with Crippen molar-refractivity contribution in [2.45, 2.75) is 26.3 Å². The lowest BCUT2D eigenvalue weighted by atomic mass is 10.2. The minimum atomic E-state index is -0.465. The van der Waals surface area contributed by atoms with Crippen LogP contribution in [0.25, 0.3) is 0 Å². The van der Waals surface area contributed by atoms with Gasteiger partial charge in [0.25, 0.3) is 5.91 Å². The third-order valence-electron chi connectivity index (χ3n) is 3.79. The molecule has 0 unspecified atom stereocenters. The Morgan fingerprint density at radius 3 is 2.77 bits per heavy atom. The number of esters is 1. The smallest absolute Gasteiger partial charge is 0.341 e. The van der Waals surface area contributed by atoms with E-state index >= 15 is 0 Å². The van der Waals surface area contributed by atoms with Crippen molar-refractivity contribution in [1.82, 2.24) is 10.2 Å². The van der Waals surface area contributed by atoms with Gasteiger partial charge in [-0.1, -0.05) is 6.07 Å². The molecule has 0 radical (unpaired) electrons. The first-order valence-corrected chi connectivity index (χ1v) is 9.03. The average molecular weight is 378 g/mol. The Morgan fingerprint density at radius 2 is 2.12 bits per heavy atom. The summed E-state index contributed by atoms with van der Waals surface area (Å²) in [5, 5.41) is 4.63. The highest BCUT2D eigenvalue weighted by molar-refractivity contribution is 7.12. The molecule has 0 aliphatic heterocycles. The molecular weight excluding hydrogens is 356 g/mol. The van der Waals surface area contributed by atoms with E-state index in [1.54, 1.807) is 26.1 Å². The maximum absolute atomic E-state index is 12.2. The van der Waals surface area contributed by atoms with Gasteiger partial charge in [-0.2, -0.15) is 0 Å². The van der Waals surface area contributed by atoms with E-state index < -0.39 is 5.97 Å². The van der Waals surface area contributed by atoms with Gasteiger partial charge < -0.3 is 19.4 Å². The fraction of sp³-hybridized carbons (Fsp3) is 0.389. The summed E-state index contributed by atoms with van der Waals surface area (Å²) < 4.78 is 10.2. The number of nitrogens with zero attached hydrogens (tertiary/aromatic N) is 1. The molecule has 0 saturated heterocycles. The molecule has 0 saturated carbocycles. The molecule has 0 aliphatic rings. The number of furan rings is 1. The number of thiophene rings is 1. The highest BCUT2D eigenvalue weighted by atomic mass is 32.1. The first-order valence-electron chi connectivity index (χ1n) is 8.15. The molecule has 140 valence electrons. The lowest BCUT2D eigenvalue weighted by Gasteiger charge is -2.15. The zero-order chi connectivity index (χ0) is 19.1. The summed E-state index contributed by atoms with van der Waals surface area (Å²) in [5.41, 5.74) is 0.361. The number of hydrogen-bond donors (Lipinski definition) is 1.